The molecule has 0 amide bonds. The Kier molecular flexibility index (Phi) is 3.56. The van der Waals surface area contributed by atoms with Gasteiger partial charge in [0.15, 0.2) is 5.78 Å². The van der Waals surface area contributed by atoms with Crippen LogP contribution in [-0.2, 0) is 0 Å². The highest BCUT2D eigenvalue weighted by Crippen LogP contribution is 2.12. The first-order valence-corrected chi connectivity index (χ1v) is 4.59. The molecular formula is C10H14N2O2. The summed E-state index contributed by atoms with van der Waals surface area (Å²) in [6.45, 7) is 3.86. The normalized spacial score (nSPS) is 12.2. The number of nitrogens with zero attached hydrogens (tertiary/aromatic N) is 2. The largest absolute Gasteiger partial charge is 0.481 e. The molecule has 1 aromatic rings. The van der Waals surface area contributed by atoms with Crippen LogP contribution in [0.25, 0.3) is 0 Å². The molecule has 0 aliphatic heterocycles. The van der Waals surface area contributed by atoms with Gasteiger partial charge in [-0.25, -0.2) is 9.97 Å². The molecule has 1 rings (SSSR count). The van der Waals surface area contributed by atoms with Crippen molar-refractivity contribution in [3.63, 3.8) is 0 Å². The van der Waals surface area contributed by atoms with E-state index in [4.69, 9.17) is 4.74 Å². The molecule has 1 aromatic heterocycles. The second kappa shape index (κ2) is 4.69. The molecule has 76 valence electrons. The Hall–Kier alpha value is -1.45. The first kappa shape index (κ1) is 10.6. The van der Waals surface area contributed by atoms with Crippen LogP contribution >= 0.6 is 0 Å². The molecule has 0 saturated carbocycles. The van der Waals surface area contributed by atoms with Gasteiger partial charge < -0.3 is 4.74 Å². The van der Waals surface area contributed by atoms with Crippen molar-refractivity contribution in [3.05, 3.63) is 18.1 Å². The number of hydrogen-bond donors (Lipinski definition) is 0. The zero-order chi connectivity index (χ0) is 10.6. The Bertz CT molecular complexity index is 326. The van der Waals surface area contributed by atoms with Crippen LogP contribution in [-0.4, -0.2) is 22.9 Å². The number of carbonyl (C=O) groups is 1. The summed E-state index contributed by atoms with van der Waals surface area (Å²) in [6.07, 6.45) is 2.15. The quantitative estimate of drug-likeness (QED) is 0.685. The number of rotatable bonds is 4. The van der Waals surface area contributed by atoms with Crippen LogP contribution in [0.5, 0.6) is 5.88 Å². The summed E-state index contributed by atoms with van der Waals surface area (Å²) in [7, 11) is 1.51. The van der Waals surface area contributed by atoms with E-state index in [-0.39, 0.29) is 11.7 Å². The molecule has 0 bridgehead atoms. The summed E-state index contributed by atoms with van der Waals surface area (Å²) in [4.78, 5) is 19.5. The Morgan fingerprint density at radius 3 is 2.86 bits per heavy atom. The molecule has 0 spiro atoms. The molecule has 0 fully saturated rings. The summed E-state index contributed by atoms with van der Waals surface area (Å²) in [6, 6.07) is 1.56. The first-order valence-electron chi connectivity index (χ1n) is 4.59. The molecule has 4 nitrogen and oxygen atoms in total. The van der Waals surface area contributed by atoms with E-state index in [0.29, 0.717) is 11.6 Å². The lowest BCUT2D eigenvalue weighted by atomic mass is 10.0. The minimum Gasteiger partial charge on any atom is -0.481 e. The number of ether oxygens (including phenoxy) is 1. The van der Waals surface area contributed by atoms with Gasteiger partial charge >= 0.3 is 0 Å². The summed E-state index contributed by atoms with van der Waals surface area (Å²) < 4.78 is 4.92. The van der Waals surface area contributed by atoms with Gasteiger partial charge in [0.25, 0.3) is 0 Å². The minimum atomic E-state index is -0.00499. The van der Waals surface area contributed by atoms with Crippen molar-refractivity contribution in [1.29, 1.82) is 0 Å². The second-order valence-electron chi connectivity index (χ2n) is 3.12. The van der Waals surface area contributed by atoms with Gasteiger partial charge in [0.2, 0.25) is 5.88 Å². The van der Waals surface area contributed by atoms with Gasteiger partial charge in [-0.15, -0.1) is 0 Å². The third-order valence-electron chi connectivity index (χ3n) is 2.16. The molecule has 1 unspecified atom stereocenters. The molecule has 0 aromatic carbocycles. The fourth-order valence-corrected chi connectivity index (χ4v) is 1.02. The molecule has 0 saturated heterocycles. The highest BCUT2D eigenvalue weighted by molar-refractivity contribution is 5.95. The number of ketones is 1. The number of hydrogen-bond acceptors (Lipinski definition) is 4. The van der Waals surface area contributed by atoms with E-state index in [9.17, 15) is 4.79 Å². The van der Waals surface area contributed by atoms with E-state index in [1.54, 1.807) is 6.07 Å². The van der Waals surface area contributed by atoms with Crippen LogP contribution in [0, 0.1) is 5.92 Å². The molecule has 1 atom stereocenters. The van der Waals surface area contributed by atoms with Gasteiger partial charge in [0.05, 0.1) is 7.11 Å². The third kappa shape index (κ3) is 2.28. The molecule has 1 heterocycles. The van der Waals surface area contributed by atoms with Gasteiger partial charge in [0, 0.05) is 12.0 Å². The van der Waals surface area contributed by atoms with Gasteiger partial charge in [-0.3, -0.25) is 4.79 Å². The van der Waals surface area contributed by atoms with Crippen LogP contribution in [0.3, 0.4) is 0 Å². The van der Waals surface area contributed by atoms with Gasteiger partial charge in [0.1, 0.15) is 12.0 Å². The molecule has 0 N–H and O–H groups in total. The predicted molar refractivity (Wildman–Crippen MR) is 52.4 cm³/mol. The number of aromatic nitrogens is 2. The van der Waals surface area contributed by atoms with Crippen molar-refractivity contribution in [2.75, 3.05) is 7.11 Å². The highest BCUT2D eigenvalue weighted by atomic mass is 16.5. The lowest BCUT2D eigenvalue weighted by Crippen LogP contribution is -2.12. The van der Waals surface area contributed by atoms with E-state index < -0.39 is 0 Å². The molecular weight excluding hydrogens is 180 g/mol. The Labute approximate surface area is 83.3 Å². The molecule has 0 radical (unpaired) electrons. The van der Waals surface area contributed by atoms with Gasteiger partial charge in [-0.2, -0.15) is 0 Å². The third-order valence-corrected chi connectivity index (χ3v) is 2.16. The van der Waals surface area contributed by atoms with E-state index >= 15 is 0 Å². The van der Waals surface area contributed by atoms with Crippen molar-refractivity contribution in [1.82, 2.24) is 9.97 Å². The van der Waals surface area contributed by atoms with Crippen molar-refractivity contribution in [2.45, 2.75) is 20.3 Å². The second-order valence-corrected chi connectivity index (χ2v) is 3.12. The Balaban J connectivity index is 2.90. The van der Waals surface area contributed by atoms with Crippen LogP contribution in [0.2, 0.25) is 0 Å². The van der Waals surface area contributed by atoms with Crippen LogP contribution in [0.1, 0.15) is 30.8 Å². The van der Waals surface area contributed by atoms with Crippen LogP contribution in [0.4, 0.5) is 0 Å². The standard InChI is InChI=1S/C10H14N2O2/c1-4-7(2)10(13)8-5-9(14-3)12-6-11-8/h5-7H,4H2,1-3H3. The fourth-order valence-electron chi connectivity index (χ4n) is 1.02. The maximum atomic E-state index is 11.7. The fraction of sp³-hybridized carbons (Fsp3) is 0.500. The maximum Gasteiger partial charge on any atom is 0.216 e. The van der Waals surface area contributed by atoms with Crippen molar-refractivity contribution < 1.29 is 9.53 Å². The summed E-state index contributed by atoms with van der Waals surface area (Å²) in [5.74, 6) is 0.453. The number of methoxy groups -OCH3 is 1. The van der Waals surface area contributed by atoms with Gasteiger partial charge in [-0.1, -0.05) is 13.8 Å². The molecule has 14 heavy (non-hydrogen) atoms. The lowest BCUT2D eigenvalue weighted by molar-refractivity contribution is 0.0921. The summed E-state index contributed by atoms with van der Waals surface area (Å²) in [5.41, 5.74) is 0.422. The molecule has 0 aliphatic rings. The predicted octanol–water partition coefficient (Wildman–Crippen LogP) is 1.71. The number of Topliss-reactive ketones (excluding diaryl/α,β-unsaturated/α-hetero) is 1. The monoisotopic (exact) mass is 194 g/mol. The average molecular weight is 194 g/mol. The van der Waals surface area contributed by atoms with E-state index in [0.717, 1.165) is 6.42 Å². The van der Waals surface area contributed by atoms with Crippen LogP contribution < -0.4 is 4.74 Å². The summed E-state index contributed by atoms with van der Waals surface area (Å²) >= 11 is 0. The average Bonchev–Trinajstić information content (AvgIpc) is 2.27. The van der Waals surface area contributed by atoms with Crippen molar-refractivity contribution in [3.8, 4) is 5.88 Å². The topological polar surface area (TPSA) is 52.1 Å². The maximum absolute atomic E-state index is 11.7. The van der Waals surface area contributed by atoms with Crippen molar-refractivity contribution >= 4 is 5.78 Å². The summed E-state index contributed by atoms with van der Waals surface area (Å²) in [5, 5.41) is 0. The first-order chi connectivity index (χ1) is 6.69. The van der Waals surface area contributed by atoms with E-state index in [2.05, 4.69) is 9.97 Å². The minimum absolute atomic E-state index is 0.00499. The van der Waals surface area contributed by atoms with Crippen molar-refractivity contribution in [2.24, 2.45) is 5.92 Å². The molecule has 0 aliphatic carbocycles. The number of carbonyl (C=O) groups excluding carboxylic acids is 1. The Morgan fingerprint density at radius 2 is 2.29 bits per heavy atom. The SMILES string of the molecule is CCC(C)C(=O)c1cc(OC)ncn1. The van der Waals surface area contributed by atoms with E-state index in [1.165, 1.54) is 13.4 Å². The molecule has 4 heteroatoms. The Morgan fingerprint density at radius 1 is 1.57 bits per heavy atom. The van der Waals surface area contributed by atoms with Crippen LogP contribution in [0.15, 0.2) is 12.4 Å². The highest BCUT2D eigenvalue weighted by Gasteiger charge is 2.15. The van der Waals surface area contributed by atoms with Gasteiger partial charge in [-0.05, 0) is 6.42 Å². The van der Waals surface area contributed by atoms with E-state index in [1.807, 2.05) is 13.8 Å². The zero-order valence-electron chi connectivity index (χ0n) is 8.65. The lowest BCUT2D eigenvalue weighted by Gasteiger charge is -2.06. The smallest absolute Gasteiger partial charge is 0.216 e. The zero-order valence-corrected chi connectivity index (χ0v) is 8.65.